The fourth-order valence-electron chi connectivity index (χ4n) is 3.70. The van der Waals surface area contributed by atoms with Crippen molar-refractivity contribution in [3.8, 4) is 11.5 Å². The quantitative estimate of drug-likeness (QED) is 0.735. The van der Waals surface area contributed by atoms with Crippen LogP contribution in [0.1, 0.15) is 23.6 Å². The van der Waals surface area contributed by atoms with Gasteiger partial charge >= 0.3 is 0 Å². The number of nitrogens with one attached hydrogen (secondary N) is 1. The number of methoxy groups -OCH3 is 2. The molecule has 0 bridgehead atoms. The van der Waals surface area contributed by atoms with Crippen LogP contribution in [0.5, 0.6) is 11.5 Å². The first-order valence-electron chi connectivity index (χ1n) is 9.09. The fourth-order valence-corrected chi connectivity index (χ4v) is 3.70. The van der Waals surface area contributed by atoms with Gasteiger partial charge in [-0.15, -0.1) is 0 Å². The number of amides is 1. The van der Waals surface area contributed by atoms with E-state index in [9.17, 15) is 9.59 Å². The first-order valence-corrected chi connectivity index (χ1v) is 9.09. The van der Waals surface area contributed by atoms with Crippen LogP contribution in [0.2, 0.25) is 0 Å². The van der Waals surface area contributed by atoms with E-state index in [1.165, 1.54) is 4.68 Å². The average Bonchev–Trinajstić information content (AvgIpc) is 3.10. The highest BCUT2D eigenvalue weighted by atomic mass is 16.5. The Morgan fingerprint density at radius 1 is 1.21 bits per heavy atom. The molecule has 1 aromatic heterocycles. The van der Waals surface area contributed by atoms with Gasteiger partial charge in [0.05, 0.1) is 31.8 Å². The Morgan fingerprint density at radius 3 is 2.75 bits per heavy atom. The summed E-state index contributed by atoms with van der Waals surface area (Å²) in [6, 6.07) is 10.9. The third-order valence-electron chi connectivity index (χ3n) is 5.11. The summed E-state index contributed by atoms with van der Waals surface area (Å²) in [6.07, 6.45) is 3.23. The molecular formula is C21H21N3O4. The zero-order valence-corrected chi connectivity index (χ0v) is 15.8. The van der Waals surface area contributed by atoms with Crippen LogP contribution in [-0.2, 0) is 17.8 Å². The molecule has 4 rings (SSSR count). The Balaban J connectivity index is 1.53. The van der Waals surface area contributed by atoms with Gasteiger partial charge in [0, 0.05) is 5.39 Å². The van der Waals surface area contributed by atoms with Crippen molar-refractivity contribution in [2.24, 2.45) is 0 Å². The highest BCUT2D eigenvalue weighted by Gasteiger charge is 2.26. The molecule has 1 N–H and O–H groups in total. The summed E-state index contributed by atoms with van der Waals surface area (Å²) in [5, 5.41) is 8.44. The lowest BCUT2D eigenvalue weighted by Crippen LogP contribution is -2.35. The first kappa shape index (κ1) is 18.0. The third-order valence-corrected chi connectivity index (χ3v) is 5.11. The van der Waals surface area contributed by atoms with Crippen LogP contribution >= 0.6 is 0 Å². The average molecular weight is 379 g/mol. The minimum absolute atomic E-state index is 0.122. The zero-order chi connectivity index (χ0) is 19.7. The van der Waals surface area contributed by atoms with Crippen LogP contribution < -0.4 is 20.3 Å². The number of carbonyl (C=O) groups is 1. The topological polar surface area (TPSA) is 82.4 Å². The Kier molecular flexibility index (Phi) is 4.73. The number of aryl methyl sites for hydroxylation is 1. The van der Waals surface area contributed by atoms with E-state index in [0.717, 1.165) is 29.4 Å². The number of aromatic nitrogens is 2. The molecule has 7 nitrogen and oxygen atoms in total. The van der Waals surface area contributed by atoms with Crippen molar-refractivity contribution in [2.75, 3.05) is 14.2 Å². The normalized spacial score (nSPS) is 15.3. The molecule has 1 atom stereocenters. The summed E-state index contributed by atoms with van der Waals surface area (Å²) in [4.78, 5) is 25.1. The summed E-state index contributed by atoms with van der Waals surface area (Å²) in [6.45, 7) is -0.122. The van der Waals surface area contributed by atoms with Crippen molar-refractivity contribution >= 4 is 16.7 Å². The fraction of sp³-hybridized carbons (Fsp3) is 0.286. The molecule has 1 heterocycles. The minimum atomic E-state index is -0.272. The molecule has 1 amide bonds. The summed E-state index contributed by atoms with van der Waals surface area (Å²) < 4.78 is 11.9. The van der Waals surface area contributed by atoms with Gasteiger partial charge in [0.25, 0.3) is 5.56 Å². The van der Waals surface area contributed by atoms with Crippen LogP contribution in [0.25, 0.3) is 10.8 Å². The number of hydrogen-bond acceptors (Lipinski definition) is 5. The maximum atomic E-state index is 12.6. The van der Waals surface area contributed by atoms with E-state index in [1.807, 2.05) is 24.3 Å². The Hall–Kier alpha value is -3.35. The summed E-state index contributed by atoms with van der Waals surface area (Å²) in [7, 11) is 3.19. The van der Waals surface area contributed by atoms with Gasteiger partial charge in [-0.2, -0.15) is 5.10 Å². The van der Waals surface area contributed by atoms with Crippen molar-refractivity contribution in [3.05, 3.63) is 64.1 Å². The summed E-state index contributed by atoms with van der Waals surface area (Å²) >= 11 is 0. The predicted molar refractivity (Wildman–Crippen MR) is 105 cm³/mol. The Bertz CT molecular complexity index is 1110. The van der Waals surface area contributed by atoms with E-state index in [-0.39, 0.29) is 24.1 Å². The number of hydrogen-bond donors (Lipinski definition) is 1. The van der Waals surface area contributed by atoms with Gasteiger partial charge in [-0.1, -0.05) is 18.2 Å². The van der Waals surface area contributed by atoms with Crippen molar-refractivity contribution < 1.29 is 14.3 Å². The van der Waals surface area contributed by atoms with Crippen molar-refractivity contribution in [3.63, 3.8) is 0 Å². The van der Waals surface area contributed by atoms with Crippen molar-refractivity contribution in [1.29, 1.82) is 0 Å². The van der Waals surface area contributed by atoms with Gasteiger partial charge in [0.2, 0.25) is 5.91 Å². The molecule has 0 saturated heterocycles. The Labute approximate surface area is 161 Å². The number of nitrogens with zero attached hydrogens (tertiary/aromatic N) is 2. The molecule has 0 unspecified atom stereocenters. The largest absolute Gasteiger partial charge is 0.493 e. The van der Waals surface area contributed by atoms with Gasteiger partial charge in [-0.05, 0) is 42.2 Å². The molecule has 2 aromatic carbocycles. The lowest BCUT2D eigenvalue weighted by atomic mass is 10.1. The Morgan fingerprint density at radius 2 is 1.96 bits per heavy atom. The number of benzene rings is 2. The lowest BCUT2D eigenvalue weighted by Gasteiger charge is -2.16. The van der Waals surface area contributed by atoms with Gasteiger partial charge in [0.1, 0.15) is 6.54 Å². The van der Waals surface area contributed by atoms with E-state index < -0.39 is 0 Å². The van der Waals surface area contributed by atoms with E-state index >= 15 is 0 Å². The molecule has 3 aromatic rings. The molecule has 144 valence electrons. The maximum absolute atomic E-state index is 12.6. The number of ether oxygens (including phenoxy) is 2. The van der Waals surface area contributed by atoms with E-state index in [2.05, 4.69) is 10.4 Å². The molecule has 0 fully saturated rings. The van der Waals surface area contributed by atoms with E-state index in [4.69, 9.17) is 9.47 Å². The SMILES string of the molecule is COc1cc2c(cc1OC)[C@H](NC(=O)Cn1ncc3ccccc3c1=O)CC2. The molecule has 0 spiro atoms. The number of carbonyl (C=O) groups excluding carboxylic acids is 1. The lowest BCUT2D eigenvalue weighted by molar-refractivity contribution is -0.122. The summed E-state index contributed by atoms with van der Waals surface area (Å²) in [5.74, 6) is 1.06. The molecule has 28 heavy (non-hydrogen) atoms. The van der Waals surface area contributed by atoms with Gasteiger partial charge in [-0.3, -0.25) is 9.59 Å². The summed E-state index contributed by atoms with van der Waals surface area (Å²) in [5.41, 5.74) is 1.88. The molecule has 0 aliphatic heterocycles. The van der Waals surface area contributed by atoms with Gasteiger partial charge in [-0.25, -0.2) is 4.68 Å². The standard InChI is InChI=1S/C21H21N3O4/c1-27-18-9-13-7-8-17(16(13)10-19(18)28-2)23-20(25)12-24-21(26)15-6-4-3-5-14(15)11-22-24/h3-6,9-11,17H,7-8,12H2,1-2H3,(H,23,25)/t17-/m1/s1. The van der Waals surface area contributed by atoms with Crippen molar-refractivity contribution in [2.45, 2.75) is 25.4 Å². The second-order valence-corrected chi connectivity index (χ2v) is 6.76. The number of fused-ring (bicyclic) bond motifs is 2. The smallest absolute Gasteiger partial charge is 0.275 e. The van der Waals surface area contributed by atoms with Crippen LogP contribution in [-0.4, -0.2) is 29.9 Å². The third kappa shape index (κ3) is 3.19. The van der Waals surface area contributed by atoms with E-state index in [0.29, 0.717) is 16.9 Å². The molecule has 0 saturated carbocycles. The first-order chi connectivity index (χ1) is 13.6. The molecule has 7 heteroatoms. The minimum Gasteiger partial charge on any atom is -0.493 e. The van der Waals surface area contributed by atoms with Crippen LogP contribution in [0.4, 0.5) is 0 Å². The van der Waals surface area contributed by atoms with Crippen LogP contribution in [0.3, 0.4) is 0 Å². The monoisotopic (exact) mass is 379 g/mol. The second kappa shape index (κ2) is 7.34. The van der Waals surface area contributed by atoms with Crippen LogP contribution in [0, 0.1) is 0 Å². The molecule has 0 radical (unpaired) electrons. The predicted octanol–water partition coefficient (Wildman–Crippen LogP) is 2.22. The highest BCUT2D eigenvalue weighted by Crippen LogP contribution is 2.39. The highest BCUT2D eigenvalue weighted by molar-refractivity contribution is 5.81. The zero-order valence-electron chi connectivity index (χ0n) is 15.8. The van der Waals surface area contributed by atoms with Gasteiger partial charge in [0.15, 0.2) is 11.5 Å². The number of rotatable bonds is 5. The van der Waals surface area contributed by atoms with Gasteiger partial charge < -0.3 is 14.8 Å². The second-order valence-electron chi connectivity index (χ2n) is 6.76. The van der Waals surface area contributed by atoms with E-state index in [1.54, 1.807) is 32.5 Å². The van der Waals surface area contributed by atoms with Crippen LogP contribution in [0.15, 0.2) is 47.4 Å². The molecule has 1 aliphatic rings. The maximum Gasteiger partial charge on any atom is 0.275 e. The van der Waals surface area contributed by atoms with Crippen molar-refractivity contribution in [1.82, 2.24) is 15.1 Å². The molecular weight excluding hydrogens is 358 g/mol. The molecule has 1 aliphatic carbocycles.